The van der Waals surface area contributed by atoms with Crippen molar-refractivity contribution in [3.05, 3.63) is 58.7 Å². The van der Waals surface area contributed by atoms with Crippen LogP contribution in [-0.2, 0) is 6.54 Å². The number of hydrogen-bond donors (Lipinski definition) is 3. The van der Waals surface area contributed by atoms with Crippen molar-refractivity contribution in [3.63, 3.8) is 0 Å². The third kappa shape index (κ3) is 2.63. The Labute approximate surface area is 126 Å². The van der Waals surface area contributed by atoms with Crippen LogP contribution < -0.4 is 5.73 Å². The molecule has 0 aliphatic heterocycles. The molecule has 1 heterocycles. The lowest BCUT2D eigenvalue weighted by Gasteiger charge is -2.06. The quantitative estimate of drug-likeness (QED) is 0.691. The summed E-state index contributed by atoms with van der Waals surface area (Å²) in [5, 5.41) is 10.5. The van der Waals surface area contributed by atoms with Crippen molar-refractivity contribution in [2.75, 3.05) is 0 Å². The maximum absolute atomic E-state index is 11.0. The number of aromatic nitrogens is 1. The number of carboxylic acids is 1. The Morgan fingerprint density at radius 1 is 1.14 bits per heavy atom. The van der Waals surface area contributed by atoms with Crippen LogP contribution in [0.2, 0.25) is 5.02 Å². The topological polar surface area (TPSA) is 79.1 Å². The van der Waals surface area contributed by atoms with E-state index < -0.39 is 5.97 Å². The van der Waals surface area contributed by atoms with E-state index in [0.29, 0.717) is 11.6 Å². The minimum Gasteiger partial charge on any atom is -0.477 e. The Hall–Kier alpha value is -2.30. The molecular formula is C16H13ClN2O2. The van der Waals surface area contributed by atoms with Crippen molar-refractivity contribution in [1.82, 2.24) is 4.98 Å². The third-order valence-corrected chi connectivity index (χ3v) is 3.60. The molecule has 0 radical (unpaired) electrons. The fourth-order valence-electron chi connectivity index (χ4n) is 2.36. The molecule has 0 aliphatic rings. The van der Waals surface area contributed by atoms with Crippen molar-refractivity contribution in [2.45, 2.75) is 6.54 Å². The number of nitrogens with two attached hydrogens (primary N) is 1. The van der Waals surface area contributed by atoms with Gasteiger partial charge >= 0.3 is 5.97 Å². The van der Waals surface area contributed by atoms with Gasteiger partial charge in [0, 0.05) is 22.5 Å². The molecule has 0 amide bonds. The zero-order chi connectivity index (χ0) is 15.0. The second-order valence-corrected chi connectivity index (χ2v) is 5.28. The van der Waals surface area contributed by atoms with Crippen molar-refractivity contribution in [3.8, 4) is 11.1 Å². The summed E-state index contributed by atoms with van der Waals surface area (Å²) in [6.45, 7) is 0.420. The zero-order valence-corrected chi connectivity index (χ0v) is 11.8. The van der Waals surface area contributed by atoms with E-state index in [1.165, 1.54) is 0 Å². The average molecular weight is 301 g/mol. The molecule has 0 aliphatic carbocycles. The number of nitrogens with one attached hydrogen (secondary N) is 1. The lowest BCUT2D eigenvalue weighted by molar-refractivity contribution is 0.0691. The number of aromatic carboxylic acids is 1. The van der Waals surface area contributed by atoms with E-state index in [1.807, 2.05) is 36.4 Å². The molecule has 0 saturated heterocycles. The van der Waals surface area contributed by atoms with E-state index in [0.717, 1.165) is 27.6 Å². The summed E-state index contributed by atoms with van der Waals surface area (Å²) in [6.07, 6.45) is 0. The first kappa shape index (κ1) is 13.7. The fourth-order valence-corrected chi connectivity index (χ4v) is 2.62. The molecule has 0 atom stereocenters. The van der Waals surface area contributed by atoms with Gasteiger partial charge in [0.1, 0.15) is 5.69 Å². The summed E-state index contributed by atoms with van der Waals surface area (Å²) in [6, 6.07) is 13.0. The van der Waals surface area contributed by atoms with Crippen LogP contribution in [0.4, 0.5) is 0 Å². The molecule has 5 heteroatoms. The summed E-state index contributed by atoms with van der Waals surface area (Å²) in [5.74, 6) is -0.971. The highest BCUT2D eigenvalue weighted by Gasteiger charge is 2.09. The van der Waals surface area contributed by atoms with Gasteiger partial charge in [0.05, 0.1) is 0 Å². The van der Waals surface area contributed by atoms with Crippen LogP contribution in [0.15, 0.2) is 42.5 Å². The summed E-state index contributed by atoms with van der Waals surface area (Å²) in [4.78, 5) is 13.9. The van der Waals surface area contributed by atoms with Crippen molar-refractivity contribution in [1.29, 1.82) is 0 Å². The first-order chi connectivity index (χ1) is 10.1. The minimum absolute atomic E-state index is 0.177. The van der Waals surface area contributed by atoms with Crippen LogP contribution >= 0.6 is 11.6 Å². The van der Waals surface area contributed by atoms with Gasteiger partial charge in [-0.05, 0) is 53.1 Å². The summed E-state index contributed by atoms with van der Waals surface area (Å²) < 4.78 is 0. The molecule has 106 valence electrons. The SMILES string of the molecule is NCc1cc(Cl)cc(-c2ccc3[nH]c(C(=O)O)cc3c2)c1. The Kier molecular flexibility index (Phi) is 3.41. The normalized spacial score (nSPS) is 11.0. The predicted octanol–water partition coefficient (Wildman–Crippen LogP) is 3.65. The van der Waals surface area contributed by atoms with Crippen LogP contribution in [-0.4, -0.2) is 16.1 Å². The molecular weight excluding hydrogens is 288 g/mol. The lowest BCUT2D eigenvalue weighted by atomic mass is 10.0. The van der Waals surface area contributed by atoms with E-state index in [2.05, 4.69) is 4.98 Å². The predicted molar refractivity (Wildman–Crippen MR) is 83.6 cm³/mol. The van der Waals surface area contributed by atoms with Crippen molar-refractivity contribution < 1.29 is 9.90 Å². The molecule has 3 aromatic rings. The number of H-pyrrole nitrogens is 1. The smallest absolute Gasteiger partial charge is 0.352 e. The van der Waals surface area contributed by atoms with Gasteiger partial charge in [-0.25, -0.2) is 4.79 Å². The maximum atomic E-state index is 11.0. The van der Waals surface area contributed by atoms with E-state index in [4.69, 9.17) is 22.4 Å². The van der Waals surface area contributed by atoms with E-state index >= 15 is 0 Å². The molecule has 21 heavy (non-hydrogen) atoms. The molecule has 4 nitrogen and oxygen atoms in total. The highest BCUT2D eigenvalue weighted by atomic mass is 35.5. The van der Waals surface area contributed by atoms with Crippen LogP contribution in [0.1, 0.15) is 16.1 Å². The van der Waals surface area contributed by atoms with Gasteiger partial charge in [0.15, 0.2) is 0 Å². The molecule has 1 aromatic heterocycles. The number of fused-ring (bicyclic) bond motifs is 1. The monoisotopic (exact) mass is 300 g/mol. The second kappa shape index (κ2) is 5.24. The third-order valence-electron chi connectivity index (χ3n) is 3.38. The summed E-state index contributed by atoms with van der Waals surface area (Å²) in [5.41, 5.74) is 9.52. The Morgan fingerprint density at radius 3 is 2.67 bits per heavy atom. The molecule has 0 saturated carbocycles. The van der Waals surface area contributed by atoms with E-state index in [9.17, 15) is 4.79 Å². The second-order valence-electron chi connectivity index (χ2n) is 4.84. The van der Waals surface area contributed by atoms with Gasteiger partial charge in [-0.1, -0.05) is 17.7 Å². The molecule has 0 unspecified atom stereocenters. The number of halogens is 1. The maximum Gasteiger partial charge on any atom is 0.352 e. The zero-order valence-electron chi connectivity index (χ0n) is 11.1. The number of rotatable bonds is 3. The van der Waals surface area contributed by atoms with Crippen molar-refractivity contribution in [2.24, 2.45) is 5.73 Å². The number of carboxylic acid groups (broad SMARTS) is 1. The van der Waals surface area contributed by atoms with Gasteiger partial charge in [-0.3, -0.25) is 0 Å². The fraction of sp³-hybridized carbons (Fsp3) is 0.0625. The van der Waals surface area contributed by atoms with Gasteiger partial charge in [-0.15, -0.1) is 0 Å². The first-order valence-electron chi connectivity index (χ1n) is 6.43. The van der Waals surface area contributed by atoms with E-state index in [1.54, 1.807) is 6.07 Å². The lowest BCUT2D eigenvalue weighted by Crippen LogP contribution is -1.96. The number of carbonyl (C=O) groups is 1. The molecule has 0 bridgehead atoms. The molecule has 3 rings (SSSR count). The average Bonchev–Trinajstić information content (AvgIpc) is 2.89. The first-order valence-corrected chi connectivity index (χ1v) is 6.80. The Balaban J connectivity index is 2.12. The van der Waals surface area contributed by atoms with Crippen LogP contribution in [0.5, 0.6) is 0 Å². The van der Waals surface area contributed by atoms with Crippen molar-refractivity contribution >= 4 is 28.5 Å². The molecule has 4 N–H and O–H groups in total. The molecule has 0 spiro atoms. The highest BCUT2D eigenvalue weighted by Crippen LogP contribution is 2.28. The number of hydrogen-bond acceptors (Lipinski definition) is 2. The van der Waals surface area contributed by atoms with Gasteiger partial charge in [-0.2, -0.15) is 0 Å². The molecule has 2 aromatic carbocycles. The standard InChI is InChI=1S/C16H13ClN2O2/c17-13-4-9(8-18)3-11(6-13)10-1-2-14-12(5-10)7-15(19-14)16(20)21/h1-7,19H,8,18H2,(H,20,21). The largest absolute Gasteiger partial charge is 0.477 e. The summed E-state index contributed by atoms with van der Waals surface area (Å²) >= 11 is 6.10. The summed E-state index contributed by atoms with van der Waals surface area (Å²) in [7, 11) is 0. The van der Waals surface area contributed by atoms with Crippen LogP contribution in [0, 0.1) is 0 Å². The minimum atomic E-state index is -0.971. The van der Waals surface area contributed by atoms with E-state index in [-0.39, 0.29) is 5.69 Å². The van der Waals surface area contributed by atoms with Gasteiger partial charge < -0.3 is 15.8 Å². The van der Waals surface area contributed by atoms with Crippen LogP contribution in [0.3, 0.4) is 0 Å². The highest BCUT2D eigenvalue weighted by molar-refractivity contribution is 6.31. The van der Waals surface area contributed by atoms with Gasteiger partial charge in [0.25, 0.3) is 0 Å². The number of benzene rings is 2. The molecule has 0 fully saturated rings. The Morgan fingerprint density at radius 2 is 1.95 bits per heavy atom. The number of aromatic amines is 1. The van der Waals surface area contributed by atoms with Crippen LogP contribution in [0.25, 0.3) is 22.0 Å². The Bertz CT molecular complexity index is 839. The van der Waals surface area contributed by atoms with Gasteiger partial charge in [0.2, 0.25) is 0 Å².